The molecule has 0 bridgehead atoms. The molecule has 0 heterocycles. The Morgan fingerprint density at radius 1 is 1.50 bits per heavy atom. The quantitative estimate of drug-likeness (QED) is 0.403. The maximum absolute atomic E-state index is 11.0. The fourth-order valence-electron chi connectivity index (χ4n) is 0.784. The number of rotatable bonds is 5. The Balaban J connectivity index is 3.76. The number of carbonyl (C=O) groups excluding carboxylic acids is 2. The van der Waals surface area contributed by atoms with E-state index >= 15 is 0 Å². The van der Waals surface area contributed by atoms with Crippen LogP contribution in [0.1, 0.15) is 13.3 Å². The standard InChI is InChI=1S/C10H15NO3/c1-4-9(12)14-7-5-6-8(2)10(13)11-3/h4,6H,1,5,7H2,2-3H3,(H,11,13). The van der Waals surface area contributed by atoms with Gasteiger partial charge >= 0.3 is 5.97 Å². The van der Waals surface area contributed by atoms with Gasteiger partial charge in [-0.1, -0.05) is 12.7 Å². The molecule has 0 saturated carbocycles. The van der Waals surface area contributed by atoms with Gasteiger partial charge in [0.2, 0.25) is 5.91 Å². The van der Waals surface area contributed by atoms with Crippen LogP contribution in [-0.2, 0) is 14.3 Å². The SMILES string of the molecule is C=CC(=O)OCCC=C(C)C(=O)NC. The van der Waals surface area contributed by atoms with Gasteiger partial charge in [0.25, 0.3) is 0 Å². The summed E-state index contributed by atoms with van der Waals surface area (Å²) in [6.07, 6.45) is 3.35. The van der Waals surface area contributed by atoms with Crippen LogP contribution in [0, 0.1) is 0 Å². The molecule has 0 aromatic heterocycles. The highest BCUT2D eigenvalue weighted by Gasteiger charge is 1.99. The highest BCUT2D eigenvalue weighted by molar-refractivity contribution is 5.92. The van der Waals surface area contributed by atoms with E-state index in [1.54, 1.807) is 20.0 Å². The van der Waals surface area contributed by atoms with Crippen LogP contribution in [0.15, 0.2) is 24.3 Å². The van der Waals surface area contributed by atoms with Crippen LogP contribution in [0.2, 0.25) is 0 Å². The van der Waals surface area contributed by atoms with Crippen LogP contribution in [0.5, 0.6) is 0 Å². The van der Waals surface area contributed by atoms with Crippen molar-refractivity contribution in [3.63, 3.8) is 0 Å². The predicted molar refractivity (Wildman–Crippen MR) is 53.6 cm³/mol. The maximum atomic E-state index is 11.0. The molecular weight excluding hydrogens is 182 g/mol. The third kappa shape index (κ3) is 5.13. The molecule has 0 radical (unpaired) electrons. The van der Waals surface area contributed by atoms with Crippen molar-refractivity contribution in [2.45, 2.75) is 13.3 Å². The van der Waals surface area contributed by atoms with Gasteiger partial charge < -0.3 is 10.1 Å². The van der Waals surface area contributed by atoms with Crippen LogP contribution in [0.3, 0.4) is 0 Å². The molecule has 0 aliphatic rings. The zero-order chi connectivity index (χ0) is 11.0. The zero-order valence-corrected chi connectivity index (χ0v) is 8.50. The van der Waals surface area contributed by atoms with E-state index in [2.05, 4.69) is 11.9 Å². The van der Waals surface area contributed by atoms with Gasteiger partial charge in [0.15, 0.2) is 0 Å². The number of hydrogen-bond acceptors (Lipinski definition) is 3. The summed E-state index contributed by atoms with van der Waals surface area (Å²) in [5.74, 6) is -0.573. The van der Waals surface area contributed by atoms with E-state index in [4.69, 9.17) is 4.74 Å². The van der Waals surface area contributed by atoms with Gasteiger partial charge in [0.1, 0.15) is 0 Å². The lowest BCUT2D eigenvalue weighted by atomic mass is 10.2. The summed E-state index contributed by atoms with van der Waals surface area (Å²) in [5.41, 5.74) is 0.613. The first-order valence-corrected chi connectivity index (χ1v) is 4.29. The Labute approximate surface area is 83.6 Å². The Morgan fingerprint density at radius 2 is 2.14 bits per heavy atom. The Bertz CT molecular complexity index is 256. The fourth-order valence-corrected chi connectivity index (χ4v) is 0.784. The van der Waals surface area contributed by atoms with Crippen LogP contribution in [0.25, 0.3) is 0 Å². The number of likely N-dealkylation sites (N-methyl/N-ethyl adjacent to an activating group) is 1. The van der Waals surface area contributed by atoms with Crippen molar-refractivity contribution in [2.75, 3.05) is 13.7 Å². The summed E-state index contributed by atoms with van der Waals surface area (Å²) in [6, 6.07) is 0. The van der Waals surface area contributed by atoms with E-state index in [1.165, 1.54) is 0 Å². The molecule has 0 saturated heterocycles. The highest BCUT2D eigenvalue weighted by atomic mass is 16.5. The van der Waals surface area contributed by atoms with Gasteiger partial charge in [-0.3, -0.25) is 4.79 Å². The smallest absolute Gasteiger partial charge is 0.330 e. The van der Waals surface area contributed by atoms with Gasteiger partial charge in [-0.15, -0.1) is 0 Å². The van der Waals surface area contributed by atoms with Crippen molar-refractivity contribution in [2.24, 2.45) is 0 Å². The number of nitrogens with one attached hydrogen (secondary N) is 1. The molecular formula is C10H15NO3. The Hall–Kier alpha value is -1.58. The van der Waals surface area contributed by atoms with Gasteiger partial charge in [-0.2, -0.15) is 0 Å². The summed E-state index contributed by atoms with van der Waals surface area (Å²) >= 11 is 0. The van der Waals surface area contributed by atoms with E-state index < -0.39 is 5.97 Å². The summed E-state index contributed by atoms with van der Waals surface area (Å²) in [6.45, 7) is 5.23. The molecule has 1 amide bonds. The molecule has 0 aromatic rings. The topological polar surface area (TPSA) is 55.4 Å². The lowest BCUT2D eigenvalue weighted by molar-refractivity contribution is -0.137. The second-order valence-corrected chi connectivity index (χ2v) is 2.63. The number of esters is 1. The molecule has 0 unspecified atom stereocenters. The molecule has 0 fully saturated rings. The maximum Gasteiger partial charge on any atom is 0.330 e. The highest BCUT2D eigenvalue weighted by Crippen LogP contribution is 1.95. The molecule has 4 nitrogen and oxygen atoms in total. The summed E-state index contributed by atoms with van der Waals surface area (Å²) in [4.78, 5) is 21.6. The zero-order valence-electron chi connectivity index (χ0n) is 8.50. The second-order valence-electron chi connectivity index (χ2n) is 2.63. The van der Waals surface area contributed by atoms with Crippen molar-refractivity contribution < 1.29 is 14.3 Å². The van der Waals surface area contributed by atoms with Crippen LogP contribution in [0.4, 0.5) is 0 Å². The molecule has 0 rings (SSSR count). The molecule has 0 aromatic carbocycles. The minimum atomic E-state index is -0.448. The average Bonchev–Trinajstić information content (AvgIpc) is 2.22. The number of carbonyl (C=O) groups is 2. The first-order chi connectivity index (χ1) is 6.61. The van der Waals surface area contributed by atoms with Gasteiger partial charge in [-0.25, -0.2) is 4.79 Å². The van der Waals surface area contributed by atoms with Crippen molar-refractivity contribution in [1.82, 2.24) is 5.32 Å². The Morgan fingerprint density at radius 3 is 2.64 bits per heavy atom. The van der Waals surface area contributed by atoms with E-state index in [9.17, 15) is 9.59 Å². The largest absolute Gasteiger partial charge is 0.462 e. The summed E-state index contributed by atoms with van der Waals surface area (Å²) in [7, 11) is 1.57. The van der Waals surface area contributed by atoms with Crippen molar-refractivity contribution in [3.05, 3.63) is 24.3 Å². The molecule has 0 aliphatic heterocycles. The molecule has 14 heavy (non-hydrogen) atoms. The molecule has 0 atom stereocenters. The van der Waals surface area contributed by atoms with E-state index in [0.717, 1.165) is 6.08 Å². The minimum Gasteiger partial charge on any atom is -0.462 e. The number of amides is 1. The van der Waals surface area contributed by atoms with Gasteiger partial charge in [0, 0.05) is 25.1 Å². The summed E-state index contributed by atoms with van der Waals surface area (Å²) in [5, 5.41) is 2.49. The van der Waals surface area contributed by atoms with E-state index in [0.29, 0.717) is 12.0 Å². The first kappa shape index (κ1) is 12.4. The van der Waals surface area contributed by atoms with Gasteiger partial charge in [-0.05, 0) is 6.92 Å². The molecule has 1 N–H and O–H groups in total. The average molecular weight is 197 g/mol. The molecule has 0 spiro atoms. The predicted octanol–water partition coefficient (Wildman–Crippen LogP) is 0.798. The van der Waals surface area contributed by atoms with E-state index in [1.807, 2.05) is 0 Å². The van der Waals surface area contributed by atoms with Crippen LogP contribution in [-0.4, -0.2) is 25.5 Å². The van der Waals surface area contributed by atoms with Crippen LogP contribution < -0.4 is 5.32 Å². The monoisotopic (exact) mass is 197 g/mol. The lowest BCUT2D eigenvalue weighted by Crippen LogP contribution is -2.18. The lowest BCUT2D eigenvalue weighted by Gasteiger charge is -2.00. The molecule has 4 heteroatoms. The second kappa shape index (κ2) is 6.88. The summed E-state index contributed by atoms with van der Waals surface area (Å²) < 4.78 is 4.72. The van der Waals surface area contributed by atoms with E-state index in [-0.39, 0.29) is 12.5 Å². The normalized spacial score (nSPS) is 10.6. The molecule has 78 valence electrons. The molecule has 0 aliphatic carbocycles. The fraction of sp³-hybridized carbons (Fsp3) is 0.400. The van der Waals surface area contributed by atoms with Crippen molar-refractivity contribution >= 4 is 11.9 Å². The van der Waals surface area contributed by atoms with Gasteiger partial charge in [0.05, 0.1) is 6.61 Å². The third-order valence-electron chi connectivity index (χ3n) is 1.56. The third-order valence-corrected chi connectivity index (χ3v) is 1.56. The van der Waals surface area contributed by atoms with Crippen molar-refractivity contribution in [3.8, 4) is 0 Å². The van der Waals surface area contributed by atoms with Crippen molar-refractivity contribution in [1.29, 1.82) is 0 Å². The van der Waals surface area contributed by atoms with Crippen LogP contribution >= 0.6 is 0 Å². The minimum absolute atomic E-state index is 0.125. The Kier molecular flexibility index (Phi) is 6.11. The first-order valence-electron chi connectivity index (χ1n) is 4.29. The number of ether oxygens (including phenoxy) is 1. The number of hydrogen-bond donors (Lipinski definition) is 1.